The summed E-state index contributed by atoms with van der Waals surface area (Å²) in [7, 11) is 1.73. The molecule has 0 saturated carbocycles. The number of hydrogen-bond donors (Lipinski definition) is 0. The van der Waals surface area contributed by atoms with Crippen LogP contribution in [0.25, 0.3) is 11.3 Å². The third kappa shape index (κ3) is 6.14. The summed E-state index contributed by atoms with van der Waals surface area (Å²) in [6.07, 6.45) is 1.04. The zero-order valence-electron chi connectivity index (χ0n) is 20.0. The largest absolute Gasteiger partial charge is 0.451 e. The van der Waals surface area contributed by atoms with Gasteiger partial charge in [-0.3, -0.25) is 9.48 Å². The summed E-state index contributed by atoms with van der Waals surface area (Å²) in [5.74, 6) is -0.126. The first kappa shape index (κ1) is 25.5. The van der Waals surface area contributed by atoms with Crippen molar-refractivity contribution in [2.45, 2.75) is 72.5 Å². The molecule has 0 fully saturated rings. The number of nitrogens with zero attached hydrogens (tertiary/aromatic N) is 3. The third-order valence-corrected chi connectivity index (χ3v) is 5.51. The van der Waals surface area contributed by atoms with Gasteiger partial charge in [0.25, 0.3) is 0 Å². The van der Waals surface area contributed by atoms with Crippen LogP contribution in [0.4, 0.5) is 0 Å². The first-order chi connectivity index (χ1) is 15.0. The van der Waals surface area contributed by atoms with E-state index in [-0.39, 0.29) is 22.7 Å². The number of aromatic nitrogens is 2. The summed E-state index contributed by atoms with van der Waals surface area (Å²) in [5.41, 5.74) is 3.16. The molecule has 0 spiro atoms. The van der Waals surface area contributed by atoms with Gasteiger partial charge in [-0.2, -0.15) is 10.4 Å². The summed E-state index contributed by atoms with van der Waals surface area (Å²) in [5, 5.41) is 14.8. The van der Waals surface area contributed by atoms with Gasteiger partial charge in [0.15, 0.2) is 5.76 Å². The van der Waals surface area contributed by atoms with E-state index in [0.29, 0.717) is 28.4 Å². The fourth-order valence-corrected chi connectivity index (χ4v) is 3.50. The highest BCUT2D eigenvalue weighted by Gasteiger charge is 2.25. The van der Waals surface area contributed by atoms with Gasteiger partial charge in [-0.1, -0.05) is 70.0 Å². The second kappa shape index (κ2) is 10.7. The standard InChI is InChI=1S/C25H32ClN3O3/c1-8-9-10-21(30)31-17(3)32-24(23-22(26)16(2)28-29(23)7)20(15-27)18-11-13-19(14-12-18)25(4,5)6/h11-14,17H,8-10H2,1-7H3/b24-20-. The summed E-state index contributed by atoms with van der Waals surface area (Å²) in [6.45, 7) is 11.8. The van der Waals surface area contributed by atoms with Gasteiger partial charge in [-0.15, -0.1) is 0 Å². The topological polar surface area (TPSA) is 77.1 Å². The van der Waals surface area contributed by atoms with Crippen molar-refractivity contribution in [1.29, 1.82) is 5.26 Å². The monoisotopic (exact) mass is 457 g/mol. The van der Waals surface area contributed by atoms with Gasteiger partial charge in [0.05, 0.1) is 10.7 Å². The lowest BCUT2D eigenvalue weighted by atomic mass is 9.86. The van der Waals surface area contributed by atoms with Crippen LogP contribution in [-0.4, -0.2) is 22.0 Å². The van der Waals surface area contributed by atoms with Crippen LogP contribution in [0.3, 0.4) is 0 Å². The van der Waals surface area contributed by atoms with E-state index in [2.05, 4.69) is 31.9 Å². The molecule has 32 heavy (non-hydrogen) atoms. The smallest absolute Gasteiger partial charge is 0.308 e. The minimum absolute atomic E-state index is 0.0158. The summed E-state index contributed by atoms with van der Waals surface area (Å²) >= 11 is 6.53. The number of ether oxygens (including phenoxy) is 2. The average molecular weight is 458 g/mol. The Hall–Kier alpha value is -2.78. The van der Waals surface area contributed by atoms with Crippen molar-refractivity contribution in [3.05, 3.63) is 51.8 Å². The van der Waals surface area contributed by atoms with Crippen molar-refractivity contribution in [2.75, 3.05) is 0 Å². The molecule has 0 saturated heterocycles. The van der Waals surface area contributed by atoms with Gasteiger partial charge in [-0.05, 0) is 29.9 Å². The van der Waals surface area contributed by atoms with Crippen molar-refractivity contribution >= 4 is 28.9 Å². The number of carbonyl (C=O) groups is 1. The molecule has 7 heteroatoms. The van der Waals surface area contributed by atoms with Crippen LogP contribution in [0.5, 0.6) is 0 Å². The number of benzene rings is 1. The number of halogens is 1. The Morgan fingerprint density at radius 3 is 2.34 bits per heavy atom. The molecule has 0 aliphatic heterocycles. The van der Waals surface area contributed by atoms with E-state index in [1.54, 1.807) is 25.6 Å². The highest BCUT2D eigenvalue weighted by Crippen LogP contribution is 2.35. The minimum Gasteiger partial charge on any atom is -0.451 e. The normalized spacial score (nSPS) is 13.2. The van der Waals surface area contributed by atoms with Crippen LogP contribution < -0.4 is 0 Å². The number of nitriles is 1. The Morgan fingerprint density at radius 1 is 1.25 bits per heavy atom. The van der Waals surface area contributed by atoms with Gasteiger partial charge < -0.3 is 9.47 Å². The maximum absolute atomic E-state index is 12.1. The molecule has 1 aromatic carbocycles. The Bertz CT molecular complexity index is 1020. The molecule has 1 unspecified atom stereocenters. The van der Waals surface area contributed by atoms with E-state index >= 15 is 0 Å². The summed E-state index contributed by atoms with van der Waals surface area (Å²) in [6, 6.07) is 10.0. The molecular formula is C25H32ClN3O3. The predicted octanol–water partition coefficient (Wildman–Crippen LogP) is 6.17. The van der Waals surface area contributed by atoms with E-state index in [0.717, 1.165) is 18.4 Å². The molecule has 1 heterocycles. The molecule has 172 valence electrons. The minimum atomic E-state index is -0.905. The molecule has 0 N–H and O–H groups in total. The van der Waals surface area contributed by atoms with Crippen LogP contribution in [0, 0.1) is 18.3 Å². The Labute approximate surface area is 195 Å². The molecule has 0 bridgehead atoms. The van der Waals surface area contributed by atoms with E-state index in [9.17, 15) is 10.1 Å². The highest BCUT2D eigenvalue weighted by molar-refractivity contribution is 6.33. The number of rotatable bonds is 8. The maximum Gasteiger partial charge on any atom is 0.308 e. The average Bonchev–Trinajstić information content (AvgIpc) is 2.97. The molecule has 1 atom stereocenters. The lowest BCUT2D eigenvalue weighted by molar-refractivity contribution is -0.164. The maximum atomic E-state index is 12.1. The van der Waals surface area contributed by atoms with Crippen LogP contribution in [0.1, 0.15) is 76.4 Å². The van der Waals surface area contributed by atoms with Crippen molar-refractivity contribution in [3.63, 3.8) is 0 Å². The molecule has 0 radical (unpaired) electrons. The van der Waals surface area contributed by atoms with Crippen LogP contribution in [-0.2, 0) is 26.7 Å². The third-order valence-electron chi connectivity index (χ3n) is 5.06. The van der Waals surface area contributed by atoms with Gasteiger partial charge in [0.2, 0.25) is 6.29 Å². The van der Waals surface area contributed by atoms with E-state index in [1.165, 1.54) is 0 Å². The zero-order chi connectivity index (χ0) is 24.1. The van der Waals surface area contributed by atoms with E-state index in [1.807, 2.05) is 31.2 Å². The number of aryl methyl sites for hydroxylation is 2. The lowest BCUT2D eigenvalue weighted by Crippen LogP contribution is -2.19. The van der Waals surface area contributed by atoms with Gasteiger partial charge in [-0.25, -0.2) is 0 Å². The Kier molecular flexibility index (Phi) is 8.51. The Morgan fingerprint density at radius 2 is 1.88 bits per heavy atom. The SMILES string of the molecule is CCCCC(=O)OC(C)O/C(=C(/C#N)c1ccc(C(C)(C)C)cc1)c1c(Cl)c(C)nn1C. The number of esters is 1. The van der Waals surface area contributed by atoms with Crippen LogP contribution in [0.15, 0.2) is 24.3 Å². The fourth-order valence-electron chi connectivity index (χ4n) is 3.25. The van der Waals surface area contributed by atoms with Crippen molar-refractivity contribution < 1.29 is 14.3 Å². The molecule has 0 aliphatic carbocycles. The first-order valence-electron chi connectivity index (χ1n) is 10.8. The zero-order valence-corrected chi connectivity index (χ0v) is 20.7. The quantitative estimate of drug-likeness (QED) is 0.205. The number of hydrogen-bond acceptors (Lipinski definition) is 5. The molecular weight excluding hydrogens is 426 g/mol. The van der Waals surface area contributed by atoms with E-state index in [4.69, 9.17) is 21.1 Å². The Balaban J connectivity index is 2.54. The molecule has 2 rings (SSSR count). The number of carbonyl (C=O) groups excluding carboxylic acids is 1. The fraction of sp³-hybridized carbons (Fsp3) is 0.480. The first-order valence-corrected chi connectivity index (χ1v) is 11.2. The molecule has 0 aliphatic rings. The molecule has 0 amide bonds. The second-order valence-electron chi connectivity index (χ2n) is 8.79. The number of allylic oxidation sites excluding steroid dienone is 1. The summed E-state index contributed by atoms with van der Waals surface area (Å²) < 4.78 is 13.0. The van der Waals surface area contributed by atoms with Crippen LogP contribution in [0.2, 0.25) is 5.02 Å². The lowest BCUT2D eigenvalue weighted by Gasteiger charge is -2.21. The van der Waals surface area contributed by atoms with Gasteiger partial charge >= 0.3 is 5.97 Å². The molecule has 1 aromatic heterocycles. The highest BCUT2D eigenvalue weighted by atomic mass is 35.5. The van der Waals surface area contributed by atoms with Gasteiger partial charge in [0, 0.05) is 20.4 Å². The second-order valence-corrected chi connectivity index (χ2v) is 9.17. The van der Waals surface area contributed by atoms with Crippen molar-refractivity contribution in [2.24, 2.45) is 7.05 Å². The summed E-state index contributed by atoms with van der Waals surface area (Å²) in [4.78, 5) is 12.1. The van der Waals surface area contributed by atoms with Gasteiger partial charge in [0.1, 0.15) is 17.3 Å². The predicted molar refractivity (Wildman–Crippen MR) is 127 cm³/mol. The van der Waals surface area contributed by atoms with Crippen molar-refractivity contribution in [3.8, 4) is 6.07 Å². The van der Waals surface area contributed by atoms with E-state index < -0.39 is 6.29 Å². The molecule has 2 aromatic rings. The van der Waals surface area contributed by atoms with Crippen LogP contribution >= 0.6 is 11.6 Å². The number of unbranched alkanes of at least 4 members (excludes halogenated alkanes) is 1. The molecule has 6 nitrogen and oxygen atoms in total. The van der Waals surface area contributed by atoms with Crippen molar-refractivity contribution in [1.82, 2.24) is 9.78 Å².